The molecular weight excluding hydrogens is 170 g/mol. The summed E-state index contributed by atoms with van der Waals surface area (Å²) < 4.78 is 4.81. The van der Waals surface area contributed by atoms with Gasteiger partial charge in [-0.1, -0.05) is 0 Å². The Morgan fingerprint density at radius 2 is 2.08 bits per heavy atom. The normalized spacial score (nSPS) is 10.7. The Morgan fingerprint density at radius 1 is 1.46 bits per heavy atom. The molecule has 0 spiro atoms. The van der Waals surface area contributed by atoms with Crippen molar-refractivity contribution in [3.8, 4) is 0 Å². The van der Waals surface area contributed by atoms with Gasteiger partial charge < -0.3 is 14.8 Å². The first-order chi connectivity index (χ1) is 5.95. The van der Waals surface area contributed by atoms with Gasteiger partial charge in [-0.25, -0.2) is 4.79 Å². The maximum absolute atomic E-state index is 11.0. The molecule has 0 aromatic rings. The fraction of sp³-hybridized carbons (Fsp3) is 0.778. The van der Waals surface area contributed by atoms with Crippen LogP contribution in [0.2, 0.25) is 0 Å². The SMILES string of the molecule is CC(C)(C)NC(=O)OCCCC=O. The highest BCUT2D eigenvalue weighted by Crippen LogP contribution is 1.99. The van der Waals surface area contributed by atoms with E-state index < -0.39 is 6.09 Å². The lowest BCUT2D eigenvalue weighted by Crippen LogP contribution is -2.41. The van der Waals surface area contributed by atoms with Crippen molar-refractivity contribution in [3.63, 3.8) is 0 Å². The average molecular weight is 187 g/mol. The summed E-state index contributed by atoms with van der Waals surface area (Å²) in [7, 11) is 0. The first-order valence-electron chi connectivity index (χ1n) is 4.34. The van der Waals surface area contributed by atoms with Crippen LogP contribution in [0.1, 0.15) is 33.6 Å². The van der Waals surface area contributed by atoms with Gasteiger partial charge in [0.15, 0.2) is 0 Å². The Labute approximate surface area is 78.6 Å². The van der Waals surface area contributed by atoms with Crippen molar-refractivity contribution in [2.45, 2.75) is 39.2 Å². The van der Waals surface area contributed by atoms with Crippen molar-refractivity contribution < 1.29 is 14.3 Å². The number of ether oxygens (including phenoxy) is 1. The number of amides is 1. The molecule has 4 nitrogen and oxygen atoms in total. The minimum Gasteiger partial charge on any atom is -0.450 e. The van der Waals surface area contributed by atoms with E-state index in [4.69, 9.17) is 4.74 Å². The smallest absolute Gasteiger partial charge is 0.407 e. The van der Waals surface area contributed by atoms with Crippen LogP contribution in [0.4, 0.5) is 4.79 Å². The summed E-state index contributed by atoms with van der Waals surface area (Å²) in [5.41, 5.74) is -0.276. The lowest BCUT2D eigenvalue weighted by molar-refractivity contribution is -0.108. The minimum atomic E-state index is -0.432. The Hall–Kier alpha value is -1.06. The van der Waals surface area contributed by atoms with E-state index in [2.05, 4.69) is 5.32 Å². The highest BCUT2D eigenvalue weighted by Gasteiger charge is 2.13. The Bertz CT molecular complexity index is 172. The quantitative estimate of drug-likeness (QED) is 0.536. The van der Waals surface area contributed by atoms with Crippen molar-refractivity contribution >= 4 is 12.4 Å². The molecule has 0 atom stereocenters. The van der Waals surface area contributed by atoms with Crippen LogP contribution >= 0.6 is 0 Å². The van der Waals surface area contributed by atoms with Gasteiger partial charge in [-0.15, -0.1) is 0 Å². The number of nitrogens with one attached hydrogen (secondary N) is 1. The van der Waals surface area contributed by atoms with Gasteiger partial charge in [0, 0.05) is 12.0 Å². The molecule has 1 amide bonds. The summed E-state index contributed by atoms with van der Waals surface area (Å²) in [5.74, 6) is 0. The van der Waals surface area contributed by atoms with Gasteiger partial charge in [-0.2, -0.15) is 0 Å². The fourth-order valence-corrected chi connectivity index (χ4v) is 0.674. The molecule has 4 heteroatoms. The summed E-state index contributed by atoms with van der Waals surface area (Å²) in [6, 6.07) is 0. The molecule has 1 N–H and O–H groups in total. The number of alkyl carbamates (subject to hydrolysis) is 1. The third-order valence-electron chi connectivity index (χ3n) is 1.18. The second-order valence-corrected chi connectivity index (χ2v) is 3.82. The standard InChI is InChI=1S/C9H17NO3/c1-9(2,3)10-8(12)13-7-5-4-6-11/h6H,4-5,7H2,1-3H3,(H,10,12). The Balaban J connectivity index is 3.47. The topological polar surface area (TPSA) is 55.4 Å². The van der Waals surface area contributed by atoms with Crippen LogP contribution in [-0.4, -0.2) is 24.5 Å². The lowest BCUT2D eigenvalue weighted by Gasteiger charge is -2.19. The molecule has 0 unspecified atom stereocenters. The number of aldehydes is 1. The van der Waals surface area contributed by atoms with Crippen LogP contribution in [-0.2, 0) is 9.53 Å². The molecule has 0 aromatic carbocycles. The van der Waals surface area contributed by atoms with E-state index in [9.17, 15) is 9.59 Å². The predicted molar refractivity (Wildman–Crippen MR) is 49.5 cm³/mol. The summed E-state index contributed by atoms with van der Waals surface area (Å²) in [4.78, 5) is 20.9. The number of carbonyl (C=O) groups is 2. The lowest BCUT2D eigenvalue weighted by atomic mass is 10.1. The fourth-order valence-electron chi connectivity index (χ4n) is 0.674. The van der Waals surface area contributed by atoms with Gasteiger partial charge in [-0.3, -0.25) is 0 Å². The van der Waals surface area contributed by atoms with Crippen LogP contribution < -0.4 is 5.32 Å². The van der Waals surface area contributed by atoms with Crippen molar-refractivity contribution in [3.05, 3.63) is 0 Å². The Kier molecular flexibility index (Phi) is 5.11. The van der Waals surface area contributed by atoms with E-state index in [-0.39, 0.29) is 5.54 Å². The number of rotatable bonds is 4. The minimum absolute atomic E-state index is 0.276. The summed E-state index contributed by atoms with van der Waals surface area (Å²) in [6.45, 7) is 5.92. The third kappa shape index (κ3) is 8.85. The van der Waals surface area contributed by atoms with Gasteiger partial charge in [0.25, 0.3) is 0 Å². The maximum Gasteiger partial charge on any atom is 0.407 e. The zero-order chi connectivity index (χ0) is 10.3. The number of hydrogen-bond donors (Lipinski definition) is 1. The molecule has 0 aliphatic heterocycles. The van der Waals surface area contributed by atoms with E-state index in [1.807, 2.05) is 20.8 Å². The molecular formula is C9H17NO3. The van der Waals surface area contributed by atoms with Crippen molar-refractivity contribution in [2.24, 2.45) is 0 Å². The molecule has 0 radical (unpaired) electrons. The van der Waals surface area contributed by atoms with Crippen LogP contribution in [0, 0.1) is 0 Å². The summed E-state index contributed by atoms with van der Waals surface area (Å²) in [5, 5.41) is 2.65. The van der Waals surface area contributed by atoms with E-state index in [0.29, 0.717) is 19.4 Å². The van der Waals surface area contributed by atoms with Crippen LogP contribution in [0.25, 0.3) is 0 Å². The van der Waals surface area contributed by atoms with E-state index in [1.165, 1.54) is 0 Å². The molecule has 0 bridgehead atoms. The molecule has 13 heavy (non-hydrogen) atoms. The van der Waals surface area contributed by atoms with Gasteiger partial charge in [-0.05, 0) is 27.2 Å². The van der Waals surface area contributed by atoms with E-state index in [1.54, 1.807) is 0 Å². The molecule has 76 valence electrons. The molecule has 0 aliphatic carbocycles. The molecule has 0 saturated carbocycles. The molecule has 0 saturated heterocycles. The second-order valence-electron chi connectivity index (χ2n) is 3.82. The van der Waals surface area contributed by atoms with Gasteiger partial charge in [0.1, 0.15) is 6.29 Å². The summed E-state index contributed by atoms with van der Waals surface area (Å²) >= 11 is 0. The second kappa shape index (κ2) is 5.56. The van der Waals surface area contributed by atoms with Crippen LogP contribution in [0.3, 0.4) is 0 Å². The Morgan fingerprint density at radius 3 is 2.54 bits per heavy atom. The van der Waals surface area contributed by atoms with Gasteiger partial charge in [0.2, 0.25) is 0 Å². The predicted octanol–water partition coefficient (Wildman–Crippen LogP) is 1.49. The monoisotopic (exact) mass is 187 g/mol. The summed E-state index contributed by atoms with van der Waals surface area (Å²) in [6.07, 6.45) is 1.40. The maximum atomic E-state index is 11.0. The largest absolute Gasteiger partial charge is 0.450 e. The first kappa shape index (κ1) is 11.9. The van der Waals surface area contributed by atoms with E-state index >= 15 is 0 Å². The number of hydrogen-bond acceptors (Lipinski definition) is 3. The van der Waals surface area contributed by atoms with Crippen LogP contribution in [0.5, 0.6) is 0 Å². The highest BCUT2D eigenvalue weighted by atomic mass is 16.5. The van der Waals surface area contributed by atoms with Gasteiger partial charge in [0.05, 0.1) is 6.61 Å². The third-order valence-corrected chi connectivity index (χ3v) is 1.18. The number of carbonyl (C=O) groups excluding carboxylic acids is 2. The number of unbranched alkanes of at least 4 members (excludes halogenated alkanes) is 1. The highest BCUT2D eigenvalue weighted by molar-refractivity contribution is 5.68. The molecule has 0 heterocycles. The first-order valence-corrected chi connectivity index (χ1v) is 4.34. The van der Waals surface area contributed by atoms with Crippen molar-refractivity contribution in [1.82, 2.24) is 5.32 Å². The zero-order valence-corrected chi connectivity index (χ0v) is 8.42. The zero-order valence-electron chi connectivity index (χ0n) is 8.42. The molecule has 0 aliphatic rings. The molecule has 0 fully saturated rings. The molecule has 0 rings (SSSR count). The van der Waals surface area contributed by atoms with Crippen LogP contribution in [0.15, 0.2) is 0 Å². The average Bonchev–Trinajstić information content (AvgIpc) is 1.94. The van der Waals surface area contributed by atoms with E-state index in [0.717, 1.165) is 6.29 Å². The molecule has 0 aromatic heterocycles. The van der Waals surface area contributed by atoms with Gasteiger partial charge >= 0.3 is 6.09 Å². The van der Waals surface area contributed by atoms with Crippen molar-refractivity contribution in [1.29, 1.82) is 0 Å². The van der Waals surface area contributed by atoms with Crippen molar-refractivity contribution in [2.75, 3.05) is 6.61 Å².